The average Bonchev–Trinajstić information content (AvgIpc) is 2.79. The molecule has 3 heterocycles. The summed E-state index contributed by atoms with van der Waals surface area (Å²) in [6, 6.07) is 16.2. The van der Waals surface area contributed by atoms with E-state index >= 15 is 0 Å². The molecule has 6 unspecified atom stereocenters. The second-order valence-corrected chi connectivity index (χ2v) is 19.6. The molecule has 1 aromatic rings. The zero-order chi connectivity index (χ0) is 21.0. The van der Waals surface area contributed by atoms with Crippen LogP contribution in [0.4, 0.5) is 0 Å². The van der Waals surface area contributed by atoms with Crippen LogP contribution in [0.3, 0.4) is 0 Å². The monoisotopic (exact) mass is 460 g/mol. The molecule has 0 saturated carbocycles. The Hall–Kier alpha value is -0.509. The minimum atomic E-state index is -2.25. The first-order valence-corrected chi connectivity index (χ1v) is 18.4. The smallest absolute Gasteiger partial charge is 0.231 e. The lowest BCUT2D eigenvalue weighted by Crippen LogP contribution is -2.66. The molecule has 4 rings (SSSR count). The van der Waals surface area contributed by atoms with Gasteiger partial charge >= 0.3 is 0 Å². The summed E-state index contributed by atoms with van der Waals surface area (Å²) in [6.07, 6.45) is 8.63. The van der Waals surface area contributed by atoms with Gasteiger partial charge in [-0.15, -0.1) is 6.58 Å². The summed E-state index contributed by atoms with van der Waals surface area (Å²) in [4.78, 5) is 0. The van der Waals surface area contributed by atoms with Gasteiger partial charge in [0.25, 0.3) is 0 Å². The van der Waals surface area contributed by atoms with Crippen LogP contribution in [-0.4, -0.2) is 45.2 Å². The van der Waals surface area contributed by atoms with Crippen molar-refractivity contribution in [3.8, 4) is 0 Å². The highest BCUT2D eigenvalue weighted by Gasteiger charge is 2.56. The van der Waals surface area contributed by atoms with Gasteiger partial charge in [-0.05, 0) is 61.5 Å². The van der Waals surface area contributed by atoms with Crippen molar-refractivity contribution in [2.24, 2.45) is 5.92 Å². The van der Waals surface area contributed by atoms with Crippen molar-refractivity contribution in [3.63, 3.8) is 0 Å². The standard InChI is InChI=1S/C24H40O3Si3/c1-4-23(29-18-11-9-16-26-29)30(22-12-6-5-7-13-22)19-14-21(2)24(3,27-30)20-28-17-10-8-15-25-28/h4-7,12-13,21,23,28-29H,1,8-11,14-20H2,2-3H3. The third kappa shape index (κ3) is 4.64. The fraction of sp³-hybridized carbons (Fsp3) is 0.667. The predicted molar refractivity (Wildman–Crippen MR) is 133 cm³/mol. The third-order valence-corrected chi connectivity index (χ3v) is 20.9. The number of allylic oxidation sites excluding steroid dienone is 1. The summed E-state index contributed by atoms with van der Waals surface area (Å²) in [5.41, 5.74) is -0.0706. The summed E-state index contributed by atoms with van der Waals surface area (Å²) < 4.78 is 20.3. The van der Waals surface area contributed by atoms with E-state index in [2.05, 4.69) is 56.8 Å². The lowest BCUT2D eigenvalue weighted by atomic mass is 9.90. The van der Waals surface area contributed by atoms with Gasteiger partial charge in [0.2, 0.25) is 8.32 Å². The molecule has 0 bridgehead atoms. The Bertz CT molecular complexity index is 690. The highest BCUT2D eigenvalue weighted by atomic mass is 28.4. The SMILES string of the molecule is C=CC([SiH]1CCCCO1)[Si]1(c2ccccc2)CCC(C)C(C)(C[SiH]2CCCCO2)O1. The predicted octanol–water partition coefficient (Wildman–Crippen LogP) is 4.82. The molecular weight excluding hydrogens is 421 g/mol. The minimum Gasteiger partial charge on any atom is -0.420 e. The number of hydrogen-bond donors (Lipinski definition) is 0. The van der Waals surface area contributed by atoms with Crippen molar-refractivity contribution in [1.29, 1.82) is 0 Å². The number of benzene rings is 1. The zero-order valence-electron chi connectivity index (χ0n) is 19.0. The average molecular weight is 461 g/mol. The fourth-order valence-corrected chi connectivity index (χ4v) is 20.4. The van der Waals surface area contributed by atoms with E-state index in [1.807, 2.05) is 0 Å². The lowest BCUT2D eigenvalue weighted by Gasteiger charge is -2.54. The van der Waals surface area contributed by atoms with Crippen LogP contribution >= 0.6 is 0 Å². The molecule has 3 aliphatic rings. The molecule has 0 aromatic heterocycles. The van der Waals surface area contributed by atoms with Crippen LogP contribution in [0.2, 0.25) is 29.3 Å². The summed E-state index contributed by atoms with van der Waals surface area (Å²) in [5.74, 6) is 0.583. The summed E-state index contributed by atoms with van der Waals surface area (Å²) >= 11 is 0. The highest BCUT2D eigenvalue weighted by Crippen LogP contribution is 2.47. The summed E-state index contributed by atoms with van der Waals surface area (Å²) in [7, 11) is -4.81. The molecule has 0 spiro atoms. The van der Waals surface area contributed by atoms with Gasteiger partial charge in [0.05, 0.1) is 5.60 Å². The van der Waals surface area contributed by atoms with E-state index in [9.17, 15) is 0 Å². The molecule has 0 radical (unpaired) electrons. The van der Waals surface area contributed by atoms with Crippen LogP contribution in [0.25, 0.3) is 0 Å². The molecule has 0 N–H and O–H groups in total. The second kappa shape index (κ2) is 9.96. The first-order valence-electron chi connectivity index (χ1n) is 12.2. The van der Waals surface area contributed by atoms with Crippen molar-refractivity contribution in [2.75, 3.05) is 13.2 Å². The molecule has 30 heavy (non-hydrogen) atoms. The van der Waals surface area contributed by atoms with Crippen molar-refractivity contribution in [1.82, 2.24) is 0 Å². The van der Waals surface area contributed by atoms with E-state index in [1.165, 1.54) is 55.4 Å². The van der Waals surface area contributed by atoms with E-state index in [-0.39, 0.29) is 5.60 Å². The lowest BCUT2D eigenvalue weighted by molar-refractivity contribution is 0.0185. The fourth-order valence-electron chi connectivity index (χ4n) is 6.01. The van der Waals surface area contributed by atoms with Gasteiger partial charge < -0.3 is 13.3 Å². The Kier molecular flexibility index (Phi) is 7.53. The Morgan fingerprint density at radius 3 is 2.50 bits per heavy atom. The van der Waals surface area contributed by atoms with Crippen LogP contribution in [0.15, 0.2) is 43.0 Å². The first-order chi connectivity index (χ1) is 14.6. The van der Waals surface area contributed by atoms with Gasteiger partial charge in [-0.25, -0.2) is 0 Å². The molecule has 0 amide bonds. The summed E-state index contributed by atoms with van der Waals surface area (Å²) in [6.45, 7) is 11.1. The molecule has 0 aliphatic carbocycles. The van der Waals surface area contributed by atoms with Gasteiger partial charge in [0, 0.05) is 18.4 Å². The number of hydrogen-bond acceptors (Lipinski definition) is 3. The van der Waals surface area contributed by atoms with Crippen molar-refractivity contribution in [3.05, 3.63) is 43.0 Å². The Morgan fingerprint density at radius 2 is 1.87 bits per heavy atom. The molecule has 3 saturated heterocycles. The topological polar surface area (TPSA) is 27.7 Å². The molecule has 3 aliphatic heterocycles. The Labute approximate surface area is 187 Å². The molecule has 6 atom stereocenters. The normalized spacial score (nSPS) is 38.7. The Balaban J connectivity index is 1.68. The van der Waals surface area contributed by atoms with E-state index in [4.69, 9.17) is 13.3 Å². The Morgan fingerprint density at radius 1 is 1.13 bits per heavy atom. The molecular formula is C24H40O3Si3. The van der Waals surface area contributed by atoms with E-state index in [1.54, 1.807) is 0 Å². The van der Waals surface area contributed by atoms with Crippen molar-refractivity contribution < 1.29 is 13.3 Å². The number of rotatable bonds is 6. The van der Waals surface area contributed by atoms with Gasteiger partial charge in [-0.1, -0.05) is 56.2 Å². The molecule has 3 nitrogen and oxygen atoms in total. The van der Waals surface area contributed by atoms with Crippen LogP contribution in [0.5, 0.6) is 0 Å². The summed E-state index contributed by atoms with van der Waals surface area (Å²) in [5, 5.41) is 1.90. The van der Waals surface area contributed by atoms with Crippen molar-refractivity contribution in [2.45, 2.75) is 80.9 Å². The first kappa shape index (κ1) is 22.7. The maximum Gasteiger partial charge on any atom is 0.231 e. The van der Waals surface area contributed by atoms with Crippen LogP contribution in [0, 0.1) is 5.92 Å². The minimum absolute atomic E-state index is 0.0706. The molecule has 6 heteroatoms. The largest absolute Gasteiger partial charge is 0.420 e. The van der Waals surface area contributed by atoms with E-state index in [0.29, 0.717) is 11.1 Å². The quantitative estimate of drug-likeness (QED) is 0.450. The highest BCUT2D eigenvalue weighted by molar-refractivity contribution is 6.96. The molecule has 166 valence electrons. The van der Waals surface area contributed by atoms with Crippen molar-refractivity contribution >= 4 is 31.6 Å². The van der Waals surface area contributed by atoms with E-state index < -0.39 is 26.4 Å². The molecule has 3 fully saturated rings. The second-order valence-electron chi connectivity index (χ2n) is 9.97. The zero-order valence-corrected chi connectivity index (χ0v) is 22.3. The maximum atomic E-state index is 7.55. The van der Waals surface area contributed by atoms with Gasteiger partial charge in [0.15, 0.2) is 18.1 Å². The third-order valence-electron chi connectivity index (χ3n) is 7.98. The van der Waals surface area contributed by atoms with E-state index in [0.717, 1.165) is 19.3 Å². The van der Waals surface area contributed by atoms with Gasteiger partial charge in [0.1, 0.15) is 0 Å². The van der Waals surface area contributed by atoms with Crippen LogP contribution < -0.4 is 5.19 Å². The van der Waals surface area contributed by atoms with Crippen LogP contribution in [0.1, 0.15) is 46.0 Å². The van der Waals surface area contributed by atoms with Crippen LogP contribution in [-0.2, 0) is 13.3 Å². The maximum absolute atomic E-state index is 7.55. The van der Waals surface area contributed by atoms with Gasteiger partial charge in [-0.3, -0.25) is 0 Å². The van der Waals surface area contributed by atoms with Gasteiger partial charge in [-0.2, -0.15) is 0 Å². The molecule has 1 aromatic carbocycles.